The molecule has 0 spiro atoms. The molecule has 0 saturated carbocycles. The fourth-order valence-corrected chi connectivity index (χ4v) is 2.40. The van der Waals surface area contributed by atoms with E-state index in [-0.39, 0.29) is 42.5 Å². The average molecular weight is 464 g/mol. The molecule has 142 valence electrons. The minimum atomic E-state index is -0.0314. The van der Waals surface area contributed by atoms with E-state index in [4.69, 9.17) is 9.15 Å². The molecule has 1 unspecified atom stereocenters. The zero-order valence-corrected chi connectivity index (χ0v) is 17.3. The lowest BCUT2D eigenvalue weighted by Crippen LogP contribution is -2.43. The SMILES string of the molecule is CN(C)C(=O)CN=C(NCCc1ccco1)NCC1CCCCO1.I. The van der Waals surface area contributed by atoms with Gasteiger partial charge in [0.1, 0.15) is 12.3 Å². The van der Waals surface area contributed by atoms with E-state index in [1.165, 1.54) is 11.3 Å². The van der Waals surface area contributed by atoms with E-state index in [2.05, 4.69) is 15.6 Å². The number of aliphatic imine (C=N–C) groups is 1. The number of amides is 1. The summed E-state index contributed by atoms with van der Waals surface area (Å²) in [7, 11) is 3.45. The first kappa shape index (κ1) is 21.8. The third-order valence-corrected chi connectivity index (χ3v) is 3.89. The zero-order valence-electron chi connectivity index (χ0n) is 15.0. The number of likely N-dealkylation sites (N-methyl/N-ethyl adjacent to an activating group) is 1. The van der Waals surface area contributed by atoms with Crippen LogP contribution in [0.25, 0.3) is 0 Å². The summed E-state index contributed by atoms with van der Waals surface area (Å²) in [6.07, 6.45) is 6.03. The number of hydrogen-bond acceptors (Lipinski definition) is 4. The summed E-state index contributed by atoms with van der Waals surface area (Å²) in [6, 6.07) is 3.82. The Morgan fingerprint density at radius 3 is 2.84 bits per heavy atom. The summed E-state index contributed by atoms with van der Waals surface area (Å²) in [6.45, 7) is 2.32. The van der Waals surface area contributed by atoms with Crippen LogP contribution < -0.4 is 10.6 Å². The quantitative estimate of drug-likeness (QED) is 0.365. The highest BCUT2D eigenvalue weighted by molar-refractivity contribution is 14.0. The van der Waals surface area contributed by atoms with E-state index in [0.29, 0.717) is 19.0 Å². The van der Waals surface area contributed by atoms with Crippen molar-refractivity contribution in [2.45, 2.75) is 31.8 Å². The number of hydrogen-bond donors (Lipinski definition) is 2. The second kappa shape index (κ2) is 12.1. The van der Waals surface area contributed by atoms with Crippen LogP contribution in [0.5, 0.6) is 0 Å². The van der Waals surface area contributed by atoms with Crippen molar-refractivity contribution in [1.29, 1.82) is 0 Å². The molecule has 1 aliphatic heterocycles. The molecule has 2 heterocycles. The highest BCUT2D eigenvalue weighted by Crippen LogP contribution is 2.11. The van der Waals surface area contributed by atoms with E-state index in [9.17, 15) is 4.79 Å². The molecule has 0 aromatic carbocycles. The maximum absolute atomic E-state index is 11.7. The molecule has 8 heteroatoms. The van der Waals surface area contributed by atoms with Crippen molar-refractivity contribution in [2.75, 3.05) is 40.3 Å². The number of furan rings is 1. The van der Waals surface area contributed by atoms with Gasteiger partial charge in [-0.15, -0.1) is 24.0 Å². The summed E-state index contributed by atoms with van der Waals surface area (Å²) in [5.41, 5.74) is 0. The van der Waals surface area contributed by atoms with Crippen molar-refractivity contribution in [3.63, 3.8) is 0 Å². The van der Waals surface area contributed by atoms with Crippen molar-refractivity contribution in [3.8, 4) is 0 Å². The Bertz CT molecular complexity index is 514. The standard InChI is InChI=1S/C17H28N4O3.HI/c1-21(2)16(22)13-20-17(18-9-8-14-7-5-11-23-14)19-12-15-6-3-4-10-24-15;/h5,7,11,15H,3-4,6,8-10,12-13H2,1-2H3,(H2,18,19,20);1H. The van der Waals surface area contributed by atoms with Gasteiger partial charge in [-0.05, 0) is 31.4 Å². The van der Waals surface area contributed by atoms with Crippen LogP contribution >= 0.6 is 24.0 Å². The fourth-order valence-electron chi connectivity index (χ4n) is 2.40. The molecule has 1 aliphatic rings. The van der Waals surface area contributed by atoms with Crippen molar-refractivity contribution >= 4 is 35.8 Å². The molecule has 1 fully saturated rings. The van der Waals surface area contributed by atoms with Crippen LogP contribution in [-0.4, -0.2) is 63.2 Å². The second-order valence-corrected chi connectivity index (χ2v) is 6.08. The largest absolute Gasteiger partial charge is 0.469 e. The van der Waals surface area contributed by atoms with Gasteiger partial charge in [0.05, 0.1) is 12.4 Å². The number of halogens is 1. The molecule has 25 heavy (non-hydrogen) atoms. The van der Waals surface area contributed by atoms with Gasteiger partial charge in [0.2, 0.25) is 5.91 Å². The summed E-state index contributed by atoms with van der Waals surface area (Å²) in [5, 5.41) is 6.52. The van der Waals surface area contributed by atoms with E-state index in [0.717, 1.165) is 31.6 Å². The predicted molar refractivity (Wildman–Crippen MR) is 108 cm³/mol. The molecule has 7 nitrogen and oxygen atoms in total. The van der Waals surface area contributed by atoms with E-state index < -0.39 is 0 Å². The molecule has 0 aliphatic carbocycles. The maximum Gasteiger partial charge on any atom is 0.243 e. The second-order valence-electron chi connectivity index (χ2n) is 6.08. The normalized spacial score (nSPS) is 17.5. The van der Waals surface area contributed by atoms with Crippen LogP contribution in [0, 0.1) is 0 Å². The lowest BCUT2D eigenvalue weighted by Gasteiger charge is -2.23. The average Bonchev–Trinajstić information content (AvgIpc) is 3.10. The Kier molecular flexibility index (Phi) is 10.6. The van der Waals surface area contributed by atoms with Gasteiger partial charge in [0.25, 0.3) is 0 Å². The fraction of sp³-hybridized carbons (Fsp3) is 0.647. The Morgan fingerprint density at radius 2 is 2.20 bits per heavy atom. The molecule has 0 radical (unpaired) electrons. The number of nitrogens with zero attached hydrogens (tertiary/aromatic N) is 2. The molecule has 1 saturated heterocycles. The maximum atomic E-state index is 11.7. The van der Waals surface area contributed by atoms with Gasteiger partial charge in [0.15, 0.2) is 5.96 Å². The van der Waals surface area contributed by atoms with Gasteiger partial charge in [0, 0.05) is 40.2 Å². The van der Waals surface area contributed by atoms with Crippen LogP contribution in [0.1, 0.15) is 25.0 Å². The lowest BCUT2D eigenvalue weighted by molar-refractivity contribution is -0.127. The summed E-state index contributed by atoms with van der Waals surface area (Å²) in [5.74, 6) is 1.52. The monoisotopic (exact) mass is 464 g/mol. The first-order valence-corrected chi connectivity index (χ1v) is 8.51. The molecule has 1 aromatic heterocycles. The van der Waals surface area contributed by atoms with E-state index in [1.807, 2.05) is 12.1 Å². The molecular weight excluding hydrogens is 435 g/mol. The minimum absolute atomic E-state index is 0. The highest BCUT2D eigenvalue weighted by atomic mass is 127. The first-order valence-electron chi connectivity index (χ1n) is 8.51. The van der Waals surface area contributed by atoms with Gasteiger partial charge in [-0.1, -0.05) is 0 Å². The third kappa shape index (κ3) is 8.57. The number of carbonyl (C=O) groups is 1. The summed E-state index contributed by atoms with van der Waals surface area (Å²) < 4.78 is 11.0. The third-order valence-electron chi connectivity index (χ3n) is 3.89. The van der Waals surface area contributed by atoms with E-state index in [1.54, 1.807) is 20.4 Å². The van der Waals surface area contributed by atoms with Gasteiger partial charge in [-0.3, -0.25) is 4.79 Å². The molecule has 2 rings (SSSR count). The van der Waals surface area contributed by atoms with Crippen LogP contribution in [0.15, 0.2) is 27.8 Å². The number of rotatable bonds is 7. The molecule has 0 bridgehead atoms. The van der Waals surface area contributed by atoms with Gasteiger partial charge < -0.3 is 24.7 Å². The molecule has 2 N–H and O–H groups in total. The lowest BCUT2D eigenvalue weighted by atomic mass is 10.1. The topological polar surface area (TPSA) is 79.1 Å². The minimum Gasteiger partial charge on any atom is -0.469 e. The first-order chi connectivity index (χ1) is 11.6. The Hall–Kier alpha value is -1.29. The molecule has 1 aromatic rings. The summed E-state index contributed by atoms with van der Waals surface area (Å²) in [4.78, 5) is 17.6. The number of nitrogens with one attached hydrogen (secondary N) is 2. The zero-order chi connectivity index (χ0) is 17.2. The van der Waals surface area contributed by atoms with Crippen molar-refractivity contribution in [1.82, 2.24) is 15.5 Å². The van der Waals surface area contributed by atoms with Crippen LogP contribution in [0.2, 0.25) is 0 Å². The van der Waals surface area contributed by atoms with Gasteiger partial charge in [-0.25, -0.2) is 4.99 Å². The van der Waals surface area contributed by atoms with Gasteiger partial charge in [-0.2, -0.15) is 0 Å². The van der Waals surface area contributed by atoms with Gasteiger partial charge >= 0.3 is 0 Å². The molecule has 1 amide bonds. The predicted octanol–water partition coefficient (Wildman–Crippen LogP) is 1.63. The van der Waals surface area contributed by atoms with Crippen molar-refractivity contribution in [3.05, 3.63) is 24.2 Å². The number of ether oxygens (including phenoxy) is 1. The van der Waals surface area contributed by atoms with Crippen LogP contribution in [0.4, 0.5) is 0 Å². The Labute approximate surface area is 166 Å². The smallest absolute Gasteiger partial charge is 0.243 e. The van der Waals surface area contributed by atoms with Crippen LogP contribution in [-0.2, 0) is 16.0 Å². The Morgan fingerprint density at radius 1 is 1.36 bits per heavy atom. The number of carbonyl (C=O) groups excluding carboxylic acids is 1. The molecular formula is C17H29IN4O3. The Balaban J connectivity index is 0.00000312. The van der Waals surface area contributed by atoms with Crippen molar-refractivity contribution in [2.24, 2.45) is 4.99 Å². The summed E-state index contributed by atoms with van der Waals surface area (Å²) >= 11 is 0. The van der Waals surface area contributed by atoms with Crippen LogP contribution in [0.3, 0.4) is 0 Å². The highest BCUT2D eigenvalue weighted by Gasteiger charge is 2.14. The van der Waals surface area contributed by atoms with E-state index >= 15 is 0 Å². The van der Waals surface area contributed by atoms with Crippen molar-refractivity contribution < 1.29 is 13.9 Å². The number of guanidine groups is 1. The molecule has 1 atom stereocenters.